The van der Waals surface area contributed by atoms with Crippen molar-refractivity contribution < 1.29 is 20.8 Å². The van der Waals surface area contributed by atoms with Crippen LogP contribution in [0, 0.1) is 13.8 Å². The van der Waals surface area contributed by atoms with Gasteiger partial charge in [-0.3, -0.25) is 0 Å². The Morgan fingerprint density at radius 2 is 0.974 bits per heavy atom. The van der Waals surface area contributed by atoms with E-state index in [2.05, 4.69) is 95.4 Å². The molecular weight excluding hydrogens is 607 g/mol. The summed E-state index contributed by atoms with van der Waals surface area (Å²) in [6.07, 6.45) is 7.10. The third kappa shape index (κ3) is 8.25. The van der Waals surface area contributed by atoms with Crippen molar-refractivity contribution in [2.75, 3.05) is 0 Å². The van der Waals surface area contributed by atoms with Crippen molar-refractivity contribution in [2.24, 2.45) is 0 Å². The van der Waals surface area contributed by atoms with Gasteiger partial charge in [0.1, 0.15) is 11.6 Å². The molecule has 2 radical (unpaired) electrons. The molecule has 0 bridgehead atoms. The Bertz CT molecular complexity index is 1420. The minimum absolute atomic E-state index is 0.790. The number of nitrogens with zero attached hydrogens (tertiary/aromatic N) is 4. The number of halogens is 2. The summed E-state index contributed by atoms with van der Waals surface area (Å²) in [6, 6.07) is 24.9. The Morgan fingerprint density at radius 1 is 0.632 bits per heavy atom. The Morgan fingerprint density at radius 3 is 1.32 bits per heavy atom. The number of benzene rings is 2. The van der Waals surface area contributed by atoms with E-state index in [0.717, 1.165) is 32.3 Å². The van der Waals surface area contributed by atoms with Crippen molar-refractivity contribution in [1.29, 1.82) is 0 Å². The first-order chi connectivity index (χ1) is 18.5. The molecule has 0 aliphatic heterocycles. The van der Waals surface area contributed by atoms with Crippen molar-refractivity contribution in [3.8, 4) is 22.8 Å². The molecule has 38 heavy (non-hydrogen) atoms. The molecule has 4 aromatic carbocycles. The van der Waals surface area contributed by atoms with Gasteiger partial charge in [-0.15, -0.1) is 69.1 Å². The molecule has 0 amide bonds. The molecular formula is C30H28Cl2N4SiZr. The molecule has 2 heterocycles. The predicted molar refractivity (Wildman–Crippen MR) is 160 cm³/mol. The third-order valence-corrected chi connectivity index (χ3v) is 5.40. The Labute approximate surface area is 245 Å². The average Bonchev–Trinajstić information content (AvgIpc) is 3.51. The van der Waals surface area contributed by atoms with Gasteiger partial charge >= 0.3 is 37.9 Å². The van der Waals surface area contributed by atoms with Crippen LogP contribution in [0.3, 0.4) is 0 Å². The van der Waals surface area contributed by atoms with Gasteiger partial charge < -0.3 is 0 Å². The molecule has 0 aliphatic carbocycles. The van der Waals surface area contributed by atoms with Gasteiger partial charge in [0.15, 0.2) is 0 Å². The van der Waals surface area contributed by atoms with Gasteiger partial charge in [-0.1, -0.05) is 39.1 Å². The summed E-state index contributed by atoms with van der Waals surface area (Å²) in [5.41, 5.74) is 4.76. The maximum atomic E-state index is 4.93. The monoisotopic (exact) mass is 632 g/mol. The van der Waals surface area contributed by atoms with E-state index in [1.165, 1.54) is 32.7 Å². The molecule has 0 atom stereocenters. The molecule has 0 fully saturated rings. The summed E-state index contributed by atoms with van der Waals surface area (Å²) >= 11 is -0.826. The molecule has 2 aromatic heterocycles. The number of aromatic nitrogens is 4. The van der Waals surface area contributed by atoms with E-state index < -0.39 is 20.8 Å². The summed E-state index contributed by atoms with van der Waals surface area (Å²) in [7, 11) is 11.0. The number of hydrogen-bond acceptors (Lipinski definition) is 4. The SMILES string of the molecule is C[Si]C.Cc1cc2c(-c3ncccn3)cccc2[cH-]1.Cc1cc2c(-c3ncccn3)cccc2[cH-]1.[Cl][Zr+2][Cl]. The maximum absolute atomic E-state index is 4.93. The zero-order valence-corrected chi connectivity index (χ0v) is 26.8. The van der Waals surface area contributed by atoms with Crippen molar-refractivity contribution in [2.45, 2.75) is 26.9 Å². The molecule has 8 heteroatoms. The van der Waals surface area contributed by atoms with Gasteiger partial charge in [-0.25, -0.2) is 19.9 Å². The van der Waals surface area contributed by atoms with E-state index in [0.29, 0.717) is 0 Å². The van der Waals surface area contributed by atoms with Gasteiger partial charge in [0.05, 0.1) is 0 Å². The number of rotatable bonds is 2. The van der Waals surface area contributed by atoms with Crippen molar-refractivity contribution in [1.82, 2.24) is 19.9 Å². The van der Waals surface area contributed by atoms with Crippen LogP contribution in [0.5, 0.6) is 0 Å². The average molecular weight is 635 g/mol. The van der Waals surface area contributed by atoms with Crippen molar-refractivity contribution in [3.05, 3.63) is 109 Å². The van der Waals surface area contributed by atoms with E-state index in [1.807, 2.05) is 24.3 Å². The second kappa shape index (κ2) is 15.8. The molecule has 0 unspecified atom stereocenters. The number of fused-ring (bicyclic) bond motifs is 2. The first-order valence-electron chi connectivity index (χ1n) is 11.9. The number of aryl methyl sites for hydroxylation is 2. The van der Waals surface area contributed by atoms with Crippen LogP contribution in [-0.4, -0.2) is 29.5 Å². The fraction of sp³-hybridized carbons (Fsp3) is 0.133. The molecule has 0 spiro atoms. The van der Waals surface area contributed by atoms with E-state index in [-0.39, 0.29) is 0 Å². The van der Waals surface area contributed by atoms with Gasteiger partial charge in [0, 0.05) is 34.3 Å². The van der Waals surface area contributed by atoms with Crippen LogP contribution in [0.25, 0.3) is 44.3 Å². The fourth-order valence-corrected chi connectivity index (χ4v) is 4.04. The second-order valence-electron chi connectivity index (χ2n) is 8.40. The zero-order chi connectivity index (χ0) is 27.3. The third-order valence-electron chi connectivity index (χ3n) is 5.40. The van der Waals surface area contributed by atoms with Gasteiger partial charge in [0.25, 0.3) is 0 Å². The molecule has 0 saturated carbocycles. The summed E-state index contributed by atoms with van der Waals surface area (Å²) < 4.78 is 0. The van der Waals surface area contributed by atoms with Crippen molar-refractivity contribution in [3.63, 3.8) is 0 Å². The summed E-state index contributed by atoms with van der Waals surface area (Å²) in [5, 5.41) is 4.96. The van der Waals surface area contributed by atoms with Gasteiger partial charge in [-0.2, -0.15) is 12.1 Å². The summed E-state index contributed by atoms with van der Waals surface area (Å²) in [6.45, 7) is 8.52. The van der Waals surface area contributed by atoms with Crippen LogP contribution in [0.15, 0.2) is 97.6 Å². The van der Waals surface area contributed by atoms with E-state index >= 15 is 0 Å². The predicted octanol–water partition coefficient (Wildman–Crippen LogP) is 8.81. The normalized spacial score (nSPS) is 9.84. The minimum atomic E-state index is -0.826. The summed E-state index contributed by atoms with van der Waals surface area (Å²) in [5.74, 6) is 1.58. The van der Waals surface area contributed by atoms with E-state index in [4.69, 9.17) is 17.0 Å². The van der Waals surface area contributed by atoms with E-state index in [1.54, 1.807) is 24.8 Å². The standard InChI is InChI=1S/2C14H11N2.C2H6Si.2ClH.Zr/c2*1-10-8-11-4-2-5-12(13(11)9-10)14-15-6-3-7-16-14;1-3-2;;;/h2*2-9H,1H3;1-2H3;2*1H;/q2*-1;;;;+4/p-2. The summed E-state index contributed by atoms with van der Waals surface area (Å²) in [4.78, 5) is 17.2. The molecule has 0 aliphatic rings. The van der Waals surface area contributed by atoms with Crippen LogP contribution in [0.1, 0.15) is 11.1 Å². The van der Waals surface area contributed by atoms with Crippen LogP contribution >= 0.6 is 17.0 Å². The second-order valence-corrected chi connectivity index (χ2v) is 13.1. The Hall–Kier alpha value is -2.50. The number of hydrogen-bond donors (Lipinski definition) is 0. The molecule has 4 nitrogen and oxygen atoms in total. The molecule has 0 saturated heterocycles. The molecule has 0 N–H and O–H groups in total. The van der Waals surface area contributed by atoms with Crippen LogP contribution in [-0.2, 0) is 20.8 Å². The fourth-order valence-electron chi connectivity index (χ4n) is 4.04. The molecule has 6 aromatic rings. The first-order valence-corrected chi connectivity index (χ1v) is 20.3. The van der Waals surface area contributed by atoms with Crippen LogP contribution in [0.2, 0.25) is 13.1 Å². The van der Waals surface area contributed by atoms with Crippen LogP contribution < -0.4 is 0 Å². The molecule has 6 rings (SSSR count). The topological polar surface area (TPSA) is 51.6 Å². The van der Waals surface area contributed by atoms with E-state index in [9.17, 15) is 0 Å². The zero-order valence-electron chi connectivity index (χ0n) is 21.8. The Balaban J connectivity index is 0.000000175. The Kier molecular flexibility index (Phi) is 12.5. The van der Waals surface area contributed by atoms with Gasteiger partial charge in [0.2, 0.25) is 0 Å². The van der Waals surface area contributed by atoms with Gasteiger partial charge in [-0.05, 0) is 23.3 Å². The first kappa shape index (κ1) is 30.0. The molecule has 190 valence electrons. The quantitative estimate of drug-likeness (QED) is 0.141. The van der Waals surface area contributed by atoms with Crippen LogP contribution in [0.4, 0.5) is 0 Å². The van der Waals surface area contributed by atoms with Crippen molar-refractivity contribution >= 4 is 48.1 Å².